The Kier molecular flexibility index (Phi) is 6.11. The van der Waals surface area contributed by atoms with Gasteiger partial charge in [0.25, 0.3) is 0 Å². The molecule has 35 heavy (non-hydrogen) atoms. The van der Waals surface area contributed by atoms with Gasteiger partial charge in [-0.05, 0) is 48.4 Å². The fourth-order valence-electron chi connectivity index (χ4n) is 3.92. The third kappa shape index (κ3) is 4.49. The smallest absolute Gasteiger partial charge is 0.142 e. The summed E-state index contributed by atoms with van der Waals surface area (Å²) in [6.45, 7) is 0. The van der Waals surface area contributed by atoms with Crippen LogP contribution < -0.4 is 20.7 Å². The van der Waals surface area contributed by atoms with Crippen LogP contribution in [0.15, 0.2) is 54.6 Å². The van der Waals surface area contributed by atoms with Crippen LogP contribution in [0.25, 0.3) is 33.5 Å². The van der Waals surface area contributed by atoms with Gasteiger partial charge in [-0.2, -0.15) is 0 Å². The predicted octanol–water partition coefficient (Wildman–Crippen LogP) is 0.869. The van der Waals surface area contributed by atoms with Crippen molar-refractivity contribution in [3.05, 3.63) is 65.7 Å². The lowest BCUT2D eigenvalue weighted by atomic mass is 9.89. The number of nitrogens with one attached hydrogen (secondary N) is 2. The Morgan fingerprint density at radius 2 is 1.83 bits per heavy atom. The van der Waals surface area contributed by atoms with E-state index >= 15 is 0 Å². The predicted molar refractivity (Wildman–Crippen MR) is 124 cm³/mol. The molecule has 0 saturated carbocycles. The zero-order chi connectivity index (χ0) is 25.3. The molecule has 10 heteroatoms. The van der Waals surface area contributed by atoms with E-state index in [1.807, 2.05) is 0 Å². The van der Waals surface area contributed by atoms with Gasteiger partial charge in [-0.3, -0.25) is 5.41 Å². The molecule has 1 unspecified atom stereocenters. The van der Waals surface area contributed by atoms with Crippen LogP contribution in [0, 0.1) is 5.41 Å². The number of aromatic nitrogens is 2. The van der Waals surface area contributed by atoms with Crippen molar-refractivity contribution in [1.29, 1.82) is 5.41 Å². The lowest BCUT2D eigenvalue weighted by Gasteiger charge is -2.22. The highest BCUT2D eigenvalue weighted by atomic mass is 16.5. The van der Waals surface area contributed by atoms with E-state index in [9.17, 15) is 24.9 Å². The van der Waals surface area contributed by atoms with E-state index in [4.69, 9.17) is 15.9 Å². The maximum Gasteiger partial charge on any atom is 0.142 e. The molecule has 10 nitrogen and oxygen atoms in total. The minimum absolute atomic E-state index is 0.0767. The van der Waals surface area contributed by atoms with E-state index in [-0.39, 0.29) is 34.1 Å². The molecule has 0 aliphatic carbocycles. The van der Waals surface area contributed by atoms with Crippen LogP contribution in [0.2, 0.25) is 0 Å². The highest BCUT2D eigenvalue weighted by molar-refractivity contribution is 5.98. The van der Waals surface area contributed by atoms with E-state index in [0.29, 0.717) is 27.9 Å². The van der Waals surface area contributed by atoms with Gasteiger partial charge in [-0.1, -0.05) is 18.2 Å². The first-order chi connectivity index (χ1) is 16.7. The summed E-state index contributed by atoms with van der Waals surface area (Å²) < 4.78 is 5.40. The third-order valence-electron chi connectivity index (χ3n) is 5.64. The van der Waals surface area contributed by atoms with Gasteiger partial charge < -0.3 is 40.4 Å². The summed E-state index contributed by atoms with van der Waals surface area (Å²) in [6.07, 6.45) is -0.819. The van der Waals surface area contributed by atoms with E-state index in [2.05, 4.69) is 9.97 Å². The number of carbonyl (C=O) groups is 2. The first-order valence-corrected chi connectivity index (χ1v) is 10.4. The lowest BCUT2D eigenvalue weighted by Crippen LogP contribution is -2.34. The number of carbonyl (C=O) groups excluding carboxylic acids is 2. The molecule has 178 valence electrons. The molecule has 0 spiro atoms. The summed E-state index contributed by atoms with van der Waals surface area (Å²) in [6, 6.07) is 14.4. The van der Waals surface area contributed by atoms with E-state index < -0.39 is 24.3 Å². The van der Waals surface area contributed by atoms with Crippen molar-refractivity contribution >= 4 is 28.8 Å². The molecule has 0 bridgehead atoms. The van der Waals surface area contributed by atoms with Crippen molar-refractivity contribution in [2.45, 2.75) is 12.3 Å². The number of rotatable bonds is 8. The number of para-hydroxylation sites is 1. The Morgan fingerprint density at radius 3 is 2.49 bits per heavy atom. The van der Waals surface area contributed by atoms with Crippen molar-refractivity contribution in [2.24, 2.45) is 5.73 Å². The van der Waals surface area contributed by atoms with Crippen LogP contribution in [0.4, 0.5) is 0 Å². The maximum atomic E-state index is 11.8. The number of hydrogen-bond donors (Lipinski definition) is 4. The number of carboxylic acids is 2. The molecule has 1 aromatic heterocycles. The summed E-state index contributed by atoms with van der Waals surface area (Å²) in [7, 11) is 1.45. The number of methoxy groups -OCH3 is 1. The number of phenols is 1. The number of amidine groups is 1. The van der Waals surface area contributed by atoms with Crippen molar-refractivity contribution in [3.63, 3.8) is 0 Å². The lowest BCUT2D eigenvalue weighted by molar-refractivity contribution is -0.317. The minimum Gasteiger partial charge on any atom is -0.550 e. The van der Waals surface area contributed by atoms with Crippen LogP contribution in [0.1, 0.15) is 23.5 Å². The Bertz CT molecular complexity index is 1480. The maximum absolute atomic E-state index is 11.8. The Morgan fingerprint density at radius 1 is 1.11 bits per heavy atom. The Hall–Kier alpha value is -4.86. The number of ether oxygens (including phenoxy) is 1. The summed E-state index contributed by atoms with van der Waals surface area (Å²) in [4.78, 5) is 30.6. The summed E-state index contributed by atoms with van der Waals surface area (Å²) in [5.41, 5.74) is 7.95. The summed E-state index contributed by atoms with van der Waals surface area (Å²) >= 11 is 0. The molecule has 1 heterocycles. The number of nitrogen functional groups attached to an aromatic ring is 1. The number of fused-ring (bicyclic) bond motifs is 1. The normalized spacial score (nSPS) is 11.8. The summed E-state index contributed by atoms with van der Waals surface area (Å²) in [5, 5.41) is 42.0. The average molecular weight is 472 g/mol. The average Bonchev–Trinajstić information content (AvgIpc) is 3.25. The van der Waals surface area contributed by atoms with Crippen LogP contribution >= 0.6 is 0 Å². The largest absolute Gasteiger partial charge is 0.550 e. The van der Waals surface area contributed by atoms with Gasteiger partial charge in [0.2, 0.25) is 0 Å². The number of aromatic amines is 1. The molecule has 0 amide bonds. The SMILES string of the molecule is COc1ccccc1-c1cc(C(CC(=O)[O-])C(=O)[O-])cc(-c2nc3ccc(C(=N)N)cc3[nH]2)c1O. The molecule has 3 aromatic carbocycles. The second kappa shape index (κ2) is 9.18. The standard InChI is InChI=1S/C25H22N4O6/c1-35-20-5-3-2-4-14(20)16-8-13(15(25(33)34)11-21(30)31)9-17(22(16)32)24-28-18-7-6-12(23(26)27)10-19(18)29-24/h2-10,15,32H,11H2,1H3,(H3,26,27)(H,28,29)(H,30,31)(H,33,34)/p-2. The number of benzene rings is 3. The Labute approximate surface area is 199 Å². The van der Waals surface area contributed by atoms with Crippen molar-refractivity contribution < 1.29 is 29.6 Å². The number of phenolic OH excluding ortho intramolecular Hbond substituents is 1. The molecule has 0 saturated heterocycles. The fraction of sp³-hybridized carbons (Fsp3) is 0.120. The van der Waals surface area contributed by atoms with Gasteiger partial charge in [0.05, 0.1) is 23.7 Å². The first kappa shape index (κ1) is 23.3. The molecular weight excluding hydrogens is 452 g/mol. The van der Waals surface area contributed by atoms with Crippen LogP contribution in [-0.2, 0) is 9.59 Å². The van der Waals surface area contributed by atoms with Gasteiger partial charge in [-0.25, -0.2) is 4.98 Å². The van der Waals surface area contributed by atoms with Gasteiger partial charge in [0, 0.05) is 34.5 Å². The van der Waals surface area contributed by atoms with Crippen LogP contribution in [0.5, 0.6) is 11.5 Å². The number of nitrogens with zero attached hydrogens (tertiary/aromatic N) is 1. The topological polar surface area (TPSA) is 188 Å². The van der Waals surface area contributed by atoms with Gasteiger partial charge in [0.15, 0.2) is 0 Å². The van der Waals surface area contributed by atoms with Gasteiger partial charge in [0.1, 0.15) is 23.2 Å². The zero-order valence-electron chi connectivity index (χ0n) is 18.5. The Balaban J connectivity index is 1.99. The van der Waals surface area contributed by atoms with Crippen molar-refractivity contribution in [1.82, 2.24) is 9.97 Å². The molecule has 0 fully saturated rings. The first-order valence-electron chi connectivity index (χ1n) is 10.4. The number of aliphatic carboxylic acids is 2. The fourth-order valence-corrected chi connectivity index (χ4v) is 3.92. The molecule has 0 aliphatic heterocycles. The number of nitrogens with two attached hydrogens (primary N) is 1. The quantitative estimate of drug-likeness (QED) is 0.215. The number of hydrogen-bond acceptors (Lipinski definition) is 8. The molecule has 1 atom stereocenters. The molecule has 5 N–H and O–H groups in total. The molecule has 0 aliphatic rings. The van der Waals surface area contributed by atoms with Crippen LogP contribution in [-0.4, -0.2) is 40.0 Å². The molecule has 4 aromatic rings. The second-order valence-electron chi connectivity index (χ2n) is 7.84. The van der Waals surface area contributed by atoms with Gasteiger partial charge >= 0.3 is 0 Å². The van der Waals surface area contributed by atoms with Crippen molar-refractivity contribution in [2.75, 3.05) is 7.11 Å². The summed E-state index contributed by atoms with van der Waals surface area (Å²) in [5.74, 6) is -4.46. The van der Waals surface area contributed by atoms with E-state index in [1.165, 1.54) is 19.2 Å². The van der Waals surface area contributed by atoms with E-state index in [1.54, 1.807) is 42.5 Å². The number of carboxylic acid groups (broad SMARTS) is 2. The zero-order valence-corrected chi connectivity index (χ0v) is 18.5. The molecule has 4 rings (SSSR count). The van der Waals surface area contributed by atoms with E-state index in [0.717, 1.165) is 0 Å². The highest BCUT2D eigenvalue weighted by Crippen LogP contribution is 2.43. The monoisotopic (exact) mass is 472 g/mol. The number of aromatic hydroxyl groups is 1. The number of imidazole rings is 1. The van der Waals surface area contributed by atoms with Gasteiger partial charge in [-0.15, -0.1) is 0 Å². The minimum atomic E-state index is -1.60. The van der Waals surface area contributed by atoms with Crippen molar-refractivity contribution in [3.8, 4) is 34.0 Å². The number of H-pyrrole nitrogens is 1. The third-order valence-corrected chi connectivity index (χ3v) is 5.64. The molecular formula is C25H20N4O6-2. The van der Waals surface area contributed by atoms with Crippen LogP contribution in [0.3, 0.4) is 0 Å². The molecule has 0 radical (unpaired) electrons. The second-order valence-corrected chi connectivity index (χ2v) is 7.84. The highest BCUT2D eigenvalue weighted by Gasteiger charge is 2.23.